The van der Waals surface area contributed by atoms with Crippen LogP contribution in [0.4, 0.5) is 0 Å². The van der Waals surface area contributed by atoms with Crippen molar-refractivity contribution < 1.29 is 19.4 Å². The van der Waals surface area contributed by atoms with Crippen molar-refractivity contribution in [1.29, 1.82) is 0 Å². The SMILES string of the molecule is COc1ccccc1C1(CNC(=O)Cc2cccc(C(=O)O)c2)CC1. The molecule has 0 aromatic heterocycles. The van der Waals surface area contributed by atoms with Crippen LogP contribution in [-0.4, -0.2) is 30.6 Å². The Bertz CT molecular complexity index is 796. The van der Waals surface area contributed by atoms with Crippen LogP contribution in [0.5, 0.6) is 5.75 Å². The van der Waals surface area contributed by atoms with Crippen LogP contribution in [0.1, 0.15) is 34.3 Å². The molecular formula is C20H21NO4. The zero-order chi connectivity index (χ0) is 17.9. The number of benzene rings is 2. The summed E-state index contributed by atoms with van der Waals surface area (Å²) in [5.74, 6) is -0.248. The molecule has 130 valence electrons. The highest BCUT2D eigenvalue weighted by Gasteiger charge is 2.46. The normalized spacial score (nSPS) is 14.6. The Morgan fingerprint density at radius 1 is 1.16 bits per heavy atom. The van der Waals surface area contributed by atoms with Gasteiger partial charge in [0.1, 0.15) is 5.75 Å². The molecule has 1 aliphatic carbocycles. The van der Waals surface area contributed by atoms with Gasteiger partial charge in [-0.15, -0.1) is 0 Å². The molecular weight excluding hydrogens is 318 g/mol. The van der Waals surface area contributed by atoms with Gasteiger partial charge < -0.3 is 15.2 Å². The molecule has 1 fully saturated rings. The number of nitrogens with one attached hydrogen (secondary N) is 1. The minimum Gasteiger partial charge on any atom is -0.496 e. The van der Waals surface area contributed by atoms with E-state index < -0.39 is 5.97 Å². The second-order valence-corrected chi connectivity index (χ2v) is 6.44. The summed E-state index contributed by atoms with van der Waals surface area (Å²) in [6, 6.07) is 14.4. The summed E-state index contributed by atoms with van der Waals surface area (Å²) in [7, 11) is 1.66. The topological polar surface area (TPSA) is 75.6 Å². The molecule has 5 nitrogen and oxygen atoms in total. The first-order chi connectivity index (χ1) is 12.0. The zero-order valence-electron chi connectivity index (χ0n) is 14.1. The minimum absolute atomic E-state index is 0.0504. The van der Waals surface area contributed by atoms with E-state index in [0.717, 1.165) is 24.2 Å². The third kappa shape index (κ3) is 3.82. The number of hydrogen-bond donors (Lipinski definition) is 2. The summed E-state index contributed by atoms with van der Waals surface area (Å²) in [4.78, 5) is 23.3. The summed E-state index contributed by atoms with van der Waals surface area (Å²) < 4.78 is 5.44. The van der Waals surface area contributed by atoms with Crippen molar-refractivity contribution in [2.24, 2.45) is 0 Å². The van der Waals surface area contributed by atoms with Gasteiger partial charge in [-0.25, -0.2) is 4.79 Å². The lowest BCUT2D eigenvalue weighted by molar-refractivity contribution is -0.120. The smallest absolute Gasteiger partial charge is 0.335 e. The van der Waals surface area contributed by atoms with Gasteiger partial charge in [0.15, 0.2) is 0 Å². The summed E-state index contributed by atoms with van der Waals surface area (Å²) >= 11 is 0. The molecule has 1 aliphatic rings. The van der Waals surface area contributed by atoms with Gasteiger partial charge in [0, 0.05) is 17.5 Å². The molecule has 2 aromatic rings. The number of carbonyl (C=O) groups is 2. The highest BCUT2D eigenvalue weighted by atomic mass is 16.5. The van der Waals surface area contributed by atoms with E-state index in [2.05, 4.69) is 5.32 Å². The molecule has 1 amide bonds. The Balaban J connectivity index is 1.63. The molecule has 0 atom stereocenters. The molecule has 5 heteroatoms. The maximum Gasteiger partial charge on any atom is 0.335 e. The lowest BCUT2D eigenvalue weighted by Crippen LogP contribution is -2.33. The van der Waals surface area contributed by atoms with E-state index in [1.807, 2.05) is 24.3 Å². The minimum atomic E-state index is -0.990. The molecule has 2 aromatic carbocycles. The van der Waals surface area contributed by atoms with E-state index in [1.165, 1.54) is 12.1 Å². The Morgan fingerprint density at radius 3 is 2.60 bits per heavy atom. The first kappa shape index (κ1) is 17.0. The van der Waals surface area contributed by atoms with Crippen LogP contribution < -0.4 is 10.1 Å². The maximum atomic E-state index is 12.3. The molecule has 2 N–H and O–H groups in total. The Labute approximate surface area is 146 Å². The molecule has 0 radical (unpaired) electrons. The number of hydrogen-bond acceptors (Lipinski definition) is 3. The van der Waals surface area contributed by atoms with E-state index in [4.69, 9.17) is 9.84 Å². The molecule has 3 rings (SSSR count). The van der Waals surface area contributed by atoms with Crippen molar-refractivity contribution in [3.05, 3.63) is 65.2 Å². The summed E-state index contributed by atoms with van der Waals surface area (Å²) in [6.07, 6.45) is 2.20. The van der Waals surface area contributed by atoms with Gasteiger partial charge in [-0.2, -0.15) is 0 Å². The highest BCUT2D eigenvalue weighted by molar-refractivity contribution is 5.88. The average molecular weight is 339 g/mol. The quantitative estimate of drug-likeness (QED) is 0.813. The number of aromatic carboxylic acids is 1. The Morgan fingerprint density at radius 2 is 1.92 bits per heavy atom. The maximum absolute atomic E-state index is 12.3. The monoisotopic (exact) mass is 339 g/mol. The van der Waals surface area contributed by atoms with E-state index in [9.17, 15) is 9.59 Å². The van der Waals surface area contributed by atoms with Crippen LogP contribution in [0.15, 0.2) is 48.5 Å². The first-order valence-corrected chi connectivity index (χ1v) is 8.26. The molecule has 0 saturated heterocycles. The van der Waals surface area contributed by atoms with Gasteiger partial charge in [0.05, 0.1) is 19.1 Å². The summed E-state index contributed by atoms with van der Waals surface area (Å²) in [5, 5.41) is 12.0. The van der Waals surface area contributed by atoms with Crippen molar-refractivity contribution in [1.82, 2.24) is 5.32 Å². The van der Waals surface area contributed by atoms with E-state index in [-0.39, 0.29) is 23.3 Å². The van der Waals surface area contributed by atoms with E-state index in [0.29, 0.717) is 12.1 Å². The number of carboxylic acids is 1. The largest absolute Gasteiger partial charge is 0.496 e. The third-order valence-electron chi connectivity index (χ3n) is 4.69. The molecule has 1 saturated carbocycles. The second kappa shape index (κ2) is 6.97. The fraction of sp³-hybridized carbons (Fsp3) is 0.300. The van der Waals surface area contributed by atoms with Crippen molar-refractivity contribution >= 4 is 11.9 Å². The average Bonchev–Trinajstić information content (AvgIpc) is 3.41. The van der Waals surface area contributed by atoms with Crippen LogP contribution >= 0.6 is 0 Å². The fourth-order valence-corrected chi connectivity index (χ4v) is 3.10. The van der Waals surface area contributed by atoms with Gasteiger partial charge in [-0.3, -0.25) is 4.79 Å². The highest BCUT2D eigenvalue weighted by Crippen LogP contribution is 2.50. The molecule has 0 bridgehead atoms. The van der Waals surface area contributed by atoms with Crippen molar-refractivity contribution in [2.75, 3.05) is 13.7 Å². The standard InChI is InChI=1S/C20H21NO4/c1-25-17-8-3-2-7-16(17)20(9-10-20)13-21-18(22)12-14-5-4-6-15(11-14)19(23)24/h2-8,11H,9-10,12-13H2,1H3,(H,21,22)(H,23,24). The van der Waals surface area contributed by atoms with Crippen LogP contribution in [-0.2, 0) is 16.6 Å². The number of methoxy groups -OCH3 is 1. The number of carbonyl (C=O) groups excluding carboxylic acids is 1. The summed E-state index contributed by atoms with van der Waals surface area (Å²) in [5.41, 5.74) is 1.97. The number of carboxylic acid groups (broad SMARTS) is 1. The van der Waals surface area contributed by atoms with Gasteiger partial charge in [0.2, 0.25) is 5.91 Å². The van der Waals surface area contributed by atoms with Crippen LogP contribution in [0.25, 0.3) is 0 Å². The number of ether oxygens (including phenoxy) is 1. The van der Waals surface area contributed by atoms with Gasteiger partial charge in [-0.05, 0) is 36.6 Å². The van der Waals surface area contributed by atoms with Crippen molar-refractivity contribution in [3.8, 4) is 5.75 Å². The molecule has 0 unspecified atom stereocenters. The molecule has 0 spiro atoms. The molecule has 0 aliphatic heterocycles. The predicted molar refractivity (Wildman–Crippen MR) is 94.0 cm³/mol. The van der Waals surface area contributed by atoms with Gasteiger partial charge >= 0.3 is 5.97 Å². The van der Waals surface area contributed by atoms with E-state index in [1.54, 1.807) is 19.2 Å². The van der Waals surface area contributed by atoms with Crippen LogP contribution in [0.3, 0.4) is 0 Å². The lowest BCUT2D eigenvalue weighted by atomic mass is 9.94. The number of para-hydroxylation sites is 1. The van der Waals surface area contributed by atoms with E-state index >= 15 is 0 Å². The van der Waals surface area contributed by atoms with Crippen molar-refractivity contribution in [2.45, 2.75) is 24.7 Å². The summed E-state index contributed by atoms with van der Waals surface area (Å²) in [6.45, 7) is 0.560. The number of amides is 1. The lowest BCUT2D eigenvalue weighted by Gasteiger charge is -2.19. The predicted octanol–water partition coefficient (Wildman–Crippen LogP) is 2.78. The molecule has 0 heterocycles. The van der Waals surface area contributed by atoms with Crippen molar-refractivity contribution in [3.63, 3.8) is 0 Å². The van der Waals surface area contributed by atoms with Crippen LogP contribution in [0.2, 0.25) is 0 Å². The van der Waals surface area contributed by atoms with Gasteiger partial charge in [-0.1, -0.05) is 30.3 Å². The fourth-order valence-electron chi connectivity index (χ4n) is 3.10. The van der Waals surface area contributed by atoms with Crippen LogP contribution in [0, 0.1) is 0 Å². The Kier molecular flexibility index (Phi) is 4.74. The second-order valence-electron chi connectivity index (χ2n) is 6.44. The zero-order valence-corrected chi connectivity index (χ0v) is 14.1. The van der Waals surface area contributed by atoms with Gasteiger partial charge in [0.25, 0.3) is 0 Å². The molecule has 25 heavy (non-hydrogen) atoms. The Hall–Kier alpha value is -2.82. The number of rotatable bonds is 7. The first-order valence-electron chi connectivity index (χ1n) is 8.26. The third-order valence-corrected chi connectivity index (χ3v) is 4.69.